The molecule has 2 saturated heterocycles. The topological polar surface area (TPSA) is 67.3 Å². The average molecular weight is 443 g/mol. The van der Waals surface area contributed by atoms with Crippen LogP contribution < -0.4 is 4.90 Å². The average Bonchev–Trinajstić information content (AvgIpc) is 3.10. The minimum atomic E-state index is -0.552. The lowest BCUT2D eigenvalue weighted by atomic mass is 9.98. The molecule has 3 aliphatic rings. The van der Waals surface area contributed by atoms with Crippen LogP contribution in [0.5, 0.6) is 0 Å². The van der Waals surface area contributed by atoms with Gasteiger partial charge in [-0.3, -0.25) is 14.5 Å². The molecule has 1 unspecified atom stereocenters. The molecule has 7 heteroatoms. The Hall–Kier alpha value is -2.12. The van der Waals surface area contributed by atoms with E-state index in [0.717, 1.165) is 32.4 Å². The van der Waals surface area contributed by atoms with Crippen LogP contribution in [0.1, 0.15) is 50.7 Å². The zero-order chi connectivity index (χ0) is 22.7. The van der Waals surface area contributed by atoms with Crippen molar-refractivity contribution in [3.63, 3.8) is 0 Å². The number of nitrogens with zero attached hydrogens (tertiary/aromatic N) is 4. The van der Waals surface area contributed by atoms with Gasteiger partial charge in [0.15, 0.2) is 0 Å². The van der Waals surface area contributed by atoms with E-state index in [-0.39, 0.29) is 11.8 Å². The van der Waals surface area contributed by atoms with Crippen molar-refractivity contribution in [3.05, 3.63) is 29.3 Å². The van der Waals surface area contributed by atoms with Crippen LogP contribution in [0.3, 0.4) is 0 Å². The molecule has 176 valence electrons. The van der Waals surface area contributed by atoms with Crippen molar-refractivity contribution < 1.29 is 14.7 Å². The Morgan fingerprint density at radius 3 is 2.53 bits per heavy atom. The van der Waals surface area contributed by atoms with Crippen molar-refractivity contribution >= 4 is 17.5 Å². The van der Waals surface area contributed by atoms with Crippen molar-refractivity contribution in [2.75, 3.05) is 50.7 Å². The van der Waals surface area contributed by atoms with E-state index in [1.165, 1.54) is 23.2 Å². The maximum Gasteiger partial charge on any atom is 0.236 e. The largest absolute Gasteiger partial charge is 0.390 e. The highest BCUT2D eigenvalue weighted by Crippen LogP contribution is 2.30. The summed E-state index contributed by atoms with van der Waals surface area (Å²) >= 11 is 0. The molecule has 0 aliphatic carbocycles. The first kappa shape index (κ1) is 23.1. The van der Waals surface area contributed by atoms with Crippen LogP contribution in [-0.4, -0.2) is 89.6 Å². The number of anilines is 1. The molecule has 2 fully saturated rings. The van der Waals surface area contributed by atoms with Gasteiger partial charge < -0.3 is 19.8 Å². The van der Waals surface area contributed by atoms with Gasteiger partial charge in [-0.1, -0.05) is 12.1 Å². The number of likely N-dealkylation sites (tertiary alicyclic amines) is 1. The number of rotatable bonds is 7. The van der Waals surface area contributed by atoms with Gasteiger partial charge in [0.25, 0.3) is 0 Å². The zero-order valence-electron chi connectivity index (χ0n) is 19.6. The van der Waals surface area contributed by atoms with Gasteiger partial charge in [-0.2, -0.15) is 0 Å². The van der Waals surface area contributed by atoms with Gasteiger partial charge >= 0.3 is 0 Å². The smallest absolute Gasteiger partial charge is 0.236 e. The van der Waals surface area contributed by atoms with Crippen LogP contribution in [0.25, 0.3) is 0 Å². The number of hydrogen-bond acceptors (Lipinski definition) is 5. The Bertz CT molecular complexity index is 827. The second-order valence-corrected chi connectivity index (χ2v) is 9.85. The highest BCUT2D eigenvalue weighted by molar-refractivity contribution is 5.79. The molecule has 0 bridgehead atoms. The number of carbonyl (C=O) groups is 2. The van der Waals surface area contributed by atoms with Crippen LogP contribution in [0.4, 0.5) is 5.69 Å². The summed E-state index contributed by atoms with van der Waals surface area (Å²) in [6.45, 7) is 9.59. The lowest BCUT2D eigenvalue weighted by Gasteiger charge is -2.35. The Morgan fingerprint density at radius 2 is 1.78 bits per heavy atom. The number of benzene rings is 1. The summed E-state index contributed by atoms with van der Waals surface area (Å²) in [4.78, 5) is 32.9. The number of β-amino-alcohol motifs (C(OH)–C–C–N with tert-alkyl or cyclic N) is 1. The number of fused-ring (bicyclic) bond motifs is 1. The quantitative estimate of drug-likeness (QED) is 0.698. The summed E-state index contributed by atoms with van der Waals surface area (Å²) in [5.74, 6) is 0.290. The molecule has 1 aromatic rings. The van der Waals surface area contributed by atoms with E-state index in [4.69, 9.17) is 0 Å². The highest BCUT2D eigenvalue weighted by atomic mass is 16.3. The minimum absolute atomic E-state index is 0.0678. The summed E-state index contributed by atoms with van der Waals surface area (Å²) in [7, 11) is 0. The first-order valence-electron chi connectivity index (χ1n) is 12.2. The number of hydrogen-bond donors (Lipinski definition) is 1. The Morgan fingerprint density at radius 1 is 1.00 bits per heavy atom. The fraction of sp³-hybridized carbons (Fsp3) is 0.680. The van der Waals surface area contributed by atoms with Crippen molar-refractivity contribution in [1.82, 2.24) is 14.7 Å². The maximum atomic E-state index is 12.9. The molecular formula is C25H38N4O3. The molecule has 1 N–H and O–H groups in total. The fourth-order valence-electron chi connectivity index (χ4n) is 5.37. The number of amides is 2. The van der Waals surface area contributed by atoms with Crippen LogP contribution in [-0.2, 0) is 22.6 Å². The lowest BCUT2D eigenvalue weighted by molar-refractivity contribution is -0.131. The predicted octanol–water partition coefficient (Wildman–Crippen LogP) is 1.87. The number of aliphatic hydroxyl groups excluding tert-OH is 1. The van der Waals surface area contributed by atoms with Crippen LogP contribution >= 0.6 is 0 Å². The van der Waals surface area contributed by atoms with Gasteiger partial charge in [-0.25, -0.2) is 0 Å². The number of aliphatic hydroxyl groups is 1. The lowest BCUT2D eigenvalue weighted by Crippen LogP contribution is -2.39. The van der Waals surface area contributed by atoms with Gasteiger partial charge in [-0.05, 0) is 56.7 Å². The van der Waals surface area contributed by atoms with Crippen molar-refractivity contribution in [2.45, 2.75) is 64.6 Å². The molecule has 0 saturated carbocycles. The Balaban J connectivity index is 1.34. The van der Waals surface area contributed by atoms with Crippen molar-refractivity contribution in [1.29, 1.82) is 0 Å². The molecule has 7 nitrogen and oxygen atoms in total. The molecule has 0 aromatic heterocycles. The summed E-state index contributed by atoms with van der Waals surface area (Å²) < 4.78 is 0. The van der Waals surface area contributed by atoms with E-state index in [1.54, 1.807) is 4.90 Å². The second kappa shape index (κ2) is 10.2. The van der Waals surface area contributed by atoms with E-state index in [9.17, 15) is 14.7 Å². The number of carbonyl (C=O) groups excluding carboxylic acids is 2. The van der Waals surface area contributed by atoms with Crippen LogP contribution in [0.15, 0.2) is 18.2 Å². The third kappa shape index (κ3) is 5.44. The third-order valence-corrected chi connectivity index (χ3v) is 6.97. The summed E-state index contributed by atoms with van der Waals surface area (Å²) in [6, 6.07) is 7.18. The van der Waals surface area contributed by atoms with Gasteiger partial charge in [-0.15, -0.1) is 0 Å². The van der Waals surface area contributed by atoms with E-state index < -0.39 is 6.10 Å². The third-order valence-electron chi connectivity index (χ3n) is 6.97. The molecular weight excluding hydrogens is 404 g/mol. The second-order valence-electron chi connectivity index (χ2n) is 9.85. The highest BCUT2D eigenvalue weighted by Gasteiger charge is 2.28. The van der Waals surface area contributed by atoms with Crippen molar-refractivity contribution in [3.8, 4) is 0 Å². The summed E-state index contributed by atoms with van der Waals surface area (Å²) in [6.07, 6.45) is 4.07. The minimum Gasteiger partial charge on any atom is -0.390 e. The van der Waals surface area contributed by atoms with Gasteiger partial charge in [0.05, 0.1) is 12.6 Å². The predicted molar refractivity (Wildman–Crippen MR) is 126 cm³/mol. The van der Waals surface area contributed by atoms with E-state index in [2.05, 4.69) is 41.8 Å². The standard InChI is InChI=1S/C25H38N4O3/c1-19(2)29-13-3-6-21-14-20(8-9-23(21)29)15-26-16-22(30)17-28(25(32)18-26)12-5-11-27-10-4-7-24(27)31/h8-9,14,19,22,30H,3-7,10-13,15-18H2,1-2H3. The normalized spacial score (nSPS) is 22.6. The Labute approximate surface area is 192 Å². The van der Waals surface area contributed by atoms with Crippen molar-refractivity contribution in [2.24, 2.45) is 0 Å². The fourth-order valence-corrected chi connectivity index (χ4v) is 5.37. The van der Waals surface area contributed by atoms with E-state index in [1.807, 2.05) is 4.90 Å². The molecule has 3 aliphatic heterocycles. The molecule has 0 radical (unpaired) electrons. The molecule has 1 aromatic carbocycles. The maximum absolute atomic E-state index is 12.9. The van der Waals surface area contributed by atoms with Gasteiger partial charge in [0.2, 0.25) is 11.8 Å². The molecule has 4 rings (SSSR count). The monoisotopic (exact) mass is 442 g/mol. The van der Waals surface area contributed by atoms with Gasteiger partial charge in [0, 0.05) is 64.0 Å². The number of aryl methyl sites for hydroxylation is 1. The zero-order valence-corrected chi connectivity index (χ0v) is 19.6. The van der Waals surface area contributed by atoms with Crippen LogP contribution in [0.2, 0.25) is 0 Å². The SMILES string of the molecule is CC(C)N1CCCc2cc(CN3CC(=O)N(CCCN4CCCC4=O)CC(O)C3)ccc21. The molecule has 32 heavy (non-hydrogen) atoms. The Kier molecular flexibility index (Phi) is 7.36. The first-order chi connectivity index (χ1) is 15.4. The molecule has 3 heterocycles. The van der Waals surface area contributed by atoms with Gasteiger partial charge in [0.1, 0.15) is 0 Å². The first-order valence-corrected chi connectivity index (χ1v) is 12.2. The molecule has 0 spiro atoms. The summed E-state index contributed by atoms with van der Waals surface area (Å²) in [5, 5.41) is 10.6. The molecule has 1 atom stereocenters. The van der Waals surface area contributed by atoms with E-state index >= 15 is 0 Å². The van der Waals surface area contributed by atoms with E-state index in [0.29, 0.717) is 51.7 Å². The molecule has 2 amide bonds. The summed E-state index contributed by atoms with van der Waals surface area (Å²) in [5.41, 5.74) is 3.93. The van der Waals surface area contributed by atoms with Crippen LogP contribution in [0, 0.1) is 0 Å².